The van der Waals surface area contributed by atoms with Crippen LogP contribution in [0.4, 0.5) is 0 Å². The third-order valence-corrected chi connectivity index (χ3v) is 11.6. The first-order valence-corrected chi connectivity index (χ1v) is 12.7. The number of rotatable bonds is 7. The van der Waals surface area contributed by atoms with Crippen molar-refractivity contribution in [3.63, 3.8) is 0 Å². The summed E-state index contributed by atoms with van der Waals surface area (Å²) < 4.78 is 11.3. The van der Waals surface area contributed by atoms with Gasteiger partial charge >= 0.3 is 5.97 Å². The van der Waals surface area contributed by atoms with Crippen LogP contribution >= 0.6 is 0 Å². The van der Waals surface area contributed by atoms with E-state index >= 15 is 0 Å². The Hall–Kier alpha value is -1.20. The lowest BCUT2D eigenvalue weighted by Crippen LogP contribution is -2.50. The van der Waals surface area contributed by atoms with Crippen LogP contribution in [-0.2, 0) is 18.8 Å². The highest BCUT2D eigenvalue weighted by atomic mass is 28.4. The minimum Gasteiger partial charge on any atom is -0.468 e. The van der Waals surface area contributed by atoms with Crippen LogP contribution in [0.5, 0.6) is 0 Å². The normalized spacial score (nSPS) is 28.0. The van der Waals surface area contributed by atoms with Crippen LogP contribution in [-0.4, -0.2) is 33.8 Å². The van der Waals surface area contributed by atoms with E-state index in [-0.39, 0.29) is 22.7 Å². The van der Waals surface area contributed by atoms with Gasteiger partial charge in [-0.25, -0.2) is 0 Å². The van der Waals surface area contributed by atoms with E-state index in [2.05, 4.69) is 47.0 Å². The summed E-state index contributed by atoms with van der Waals surface area (Å²) in [6, 6.07) is 0. The van der Waals surface area contributed by atoms with Crippen LogP contribution < -0.4 is 0 Å². The molecule has 0 aromatic heterocycles. The number of hydrogen-bond acceptors (Lipinski definition) is 4. The van der Waals surface area contributed by atoms with E-state index in [1.807, 2.05) is 19.9 Å². The first kappa shape index (κ1) is 23.8. The van der Waals surface area contributed by atoms with Crippen LogP contribution in [0.2, 0.25) is 18.1 Å². The van der Waals surface area contributed by atoms with E-state index in [1.165, 1.54) is 7.11 Å². The topological polar surface area (TPSA) is 52.6 Å². The van der Waals surface area contributed by atoms with Gasteiger partial charge in [-0.05, 0) is 56.3 Å². The van der Waals surface area contributed by atoms with E-state index in [0.29, 0.717) is 31.4 Å². The highest BCUT2D eigenvalue weighted by Crippen LogP contribution is 2.53. The van der Waals surface area contributed by atoms with Gasteiger partial charge < -0.3 is 9.16 Å². The minimum absolute atomic E-state index is 0.117. The number of allylic oxidation sites excluding steroid dienone is 1. The second kappa shape index (κ2) is 8.04. The van der Waals surface area contributed by atoms with Crippen LogP contribution in [0.15, 0.2) is 24.8 Å². The molecule has 27 heavy (non-hydrogen) atoms. The Bertz CT molecular complexity index is 616. The quantitative estimate of drug-likeness (QED) is 0.334. The summed E-state index contributed by atoms with van der Waals surface area (Å²) in [5.41, 5.74) is -1.05. The summed E-state index contributed by atoms with van der Waals surface area (Å²) in [5.74, 6) is -0.343. The average molecular weight is 395 g/mol. The van der Waals surface area contributed by atoms with E-state index in [4.69, 9.17) is 9.16 Å². The van der Waals surface area contributed by atoms with Crippen LogP contribution in [0.3, 0.4) is 0 Å². The second-order valence-electron chi connectivity index (χ2n) is 9.67. The number of carbonyl (C=O) groups is 2. The Morgan fingerprint density at radius 2 is 1.89 bits per heavy atom. The van der Waals surface area contributed by atoms with Crippen LogP contribution in [0, 0.1) is 16.7 Å². The van der Waals surface area contributed by atoms with Gasteiger partial charge in [-0.15, -0.1) is 6.58 Å². The van der Waals surface area contributed by atoms with Gasteiger partial charge in [0.2, 0.25) is 0 Å². The highest BCUT2D eigenvalue weighted by Gasteiger charge is 2.55. The second-order valence-corrected chi connectivity index (χ2v) is 14.5. The lowest BCUT2D eigenvalue weighted by Gasteiger charge is -2.47. The van der Waals surface area contributed by atoms with E-state index < -0.39 is 19.1 Å². The van der Waals surface area contributed by atoms with Gasteiger partial charge in [0.15, 0.2) is 8.32 Å². The van der Waals surface area contributed by atoms with Crippen molar-refractivity contribution in [3.8, 4) is 0 Å². The number of ether oxygens (including phenoxy) is 1. The molecule has 0 amide bonds. The Morgan fingerprint density at radius 3 is 2.33 bits per heavy atom. The SMILES string of the molecule is C=C[C@@H](CCO[Si](C)(C)C(C)(C)C)[C@]1(C)C(=C)[C@@](C)(C(=O)OC)CCC1=O. The Labute approximate surface area is 166 Å². The van der Waals surface area contributed by atoms with Gasteiger partial charge in [-0.1, -0.05) is 33.4 Å². The number of ketones is 1. The minimum atomic E-state index is -1.86. The van der Waals surface area contributed by atoms with Crippen LogP contribution in [0.1, 0.15) is 53.9 Å². The van der Waals surface area contributed by atoms with Gasteiger partial charge in [0.25, 0.3) is 0 Å². The molecule has 0 aromatic rings. The van der Waals surface area contributed by atoms with Gasteiger partial charge in [-0.2, -0.15) is 0 Å². The molecule has 0 spiro atoms. The van der Waals surface area contributed by atoms with Crippen molar-refractivity contribution < 1.29 is 18.8 Å². The fourth-order valence-electron chi connectivity index (χ4n) is 3.70. The van der Waals surface area contributed by atoms with Crippen LogP contribution in [0.25, 0.3) is 0 Å². The molecule has 1 aliphatic rings. The predicted octanol–water partition coefficient (Wildman–Crippen LogP) is 5.31. The molecule has 3 atom stereocenters. The van der Waals surface area contributed by atoms with Gasteiger partial charge in [0, 0.05) is 13.0 Å². The summed E-state index contributed by atoms with van der Waals surface area (Å²) in [6.45, 7) is 23.5. The number of Topliss-reactive ketones (excluding diaryl/α,β-unsaturated/α-hetero) is 1. The maximum Gasteiger partial charge on any atom is 0.315 e. The molecule has 0 unspecified atom stereocenters. The van der Waals surface area contributed by atoms with Crippen molar-refractivity contribution in [1.29, 1.82) is 0 Å². The summed E-state index contributed by atoms with van der Waals surface area (Å²) in [7, 11) is -0.478. The Balaban J connectivity index is 3.06. The molecule has 0 aromatic carbocycles. The molecule has 0 saturated heterocycles. The molecule has 0 N–H and O–H groups in total. The zero-order valence-corrected chi connectivity index (χ0v) is 19.5. The van der Waals surface area contributed by atoms with E-state index in [9.17, 15) is 9.59 Å². The third-order valence-electron chi connectivity index (χ3n) is 7.08. The maximum atomic E-state index is 13.0. The molecule has 1 rings (SSSR count). The number of methoxy groups -OCH3 is 1. The molecule has 1 aliphatic carbocycles. The Kier molecular flexibility index (Phi) is 7.10. The van der Waals surface area contributed by atoms with Gasteiger partial charge in [0.05, 0.1) is 17.9 Å². The van der Waals surface area contributed by atoms with E-state index in [1.54, 1.807) is 0 Å². The van der Waals surface area contributed by atoms with Crippen molar-refractivity contribution >= 4 is 20.1 Å². The monoisotopic (exact) mass is 394 g/mol. The zero-order valence-electron chi connectivity index (χ0n) is 18.5. The third kappa shape index (κ3) is 4.29. The van der Waals surface area contributed by atoms with Crippen molar-refractivity contribution in [2.45, 2.75) is 72.0 Å². The first-order valence-electron chi connectivity index (χ1n) is 9.76. The zero-order chi connectivity index (χ0) is 21.3. The maximum absolute atomic E-state index is 13.0. The van der Waals surface area contributed by atoms with Gasteiger partial charge in [0.1, 0.15) is 5.78 Å². The molecule has 5 heteroatoms. The molecule has 0 heterocycles. The number of hydrogen-bond donors (Lipinski definition) is 0. The Morgan fingerprint density at radius 1 is 1.33 bits per heavy atom. The molecule has 0 bridgehead atoms. The first-order chi connectivity index (χ1) is 12.2. The van der Waals surface area contributed by atoms with E-state index in [0.717, 1.165) is 0 Å². The summed E-state index contributed by atoms with van der Waals surface area (Å²) in [5, 5.41) is 0.133. The highest BCUT2D eigenvalue weighted by molar-refractivity contribution is 6.74. The van der Waals surface area contributed by atoms with Crippen molar-refractivity contribution in [2.24, 2.45) is 16.7 Å². The molecule has 4 nitrogen and oxygen atoms in total. The smallest absolute Gasteiger partial charge is 0.315 e. The molecule has 0 aliphatic heterocycles. The molecule has 1 saturated carbocycles. The van der Waals surface area contributed by atoms with Gasteiger partial charge in [-0.3, -0.25) is 9.59 Å². The number of carbonyl (C=O) groups excluding carboxylic acids is 2. The lowest BCUT2D eigenvalue weighted by molar-refractivity contribution is -0.153. The summed E-state index contributed by atoms with van der Waals surface area (Å²) >= 11 is 0. The molecule has 0 radical (unpaired) electrons. The lowest BCUT2D eigenvalue weighted by atomic mass is 9.54. The average Bonchev–Trinajstić information content (AvgIpc) is 2.58. The molecule has 1 fully saturated rings. The van der Waals surface area contributed by atoms with Crippen molar-refractivity contribution in [1.82, 2.24) is 0 Å². The largest absolute Gasteiger partial charge is 0.468 e. The number of esters is 1. The standard InChI is InChI=1S/C22H38O4Si/c1-11-17(13-15-26-27(9,10)20(3,4)5)22(7)16(2)21(6,19(24)25-8)14-12-18(22)23/h11,17H,1-2,12-15H2,3-10H3/t17-,21-,22-/m0/s1. The predicted molar refractivity (Wildman–Crippen MR) is 113 cm³/mol. The van der Waals surface area contributed by atoms with Crippen molar-refractivity contribution in [2.75, 3.05) is 13.7 Å². The molecular weight excluding hydrogens is 356 g/mol. The fraction of sp³-hybridized carbons (Fsp3) is 0.727. The molecule has 154 valence electrons. The van der Waals surface area contributed by atoms with Crippen molar-refractivity contribution in [3.05, 3.63) is 24.8 Å². The summed E-state index contributed by atoms with van der Waals surface area (Å²) in [4.78, 5) is 25.4. The molecular formula is C22H38O4Si. The summed E-state index contributed by atoms with van der Waals surface area (Å²) in [6.07, 6.45) is 3.28. The fourth-order valence-corrected chi connectivity index (χ4v) is 4.76.